The third-order valence-corrected chi connectivity index (χ3v) is 3.77. The highest BCUT2D eigenvalue weighted by Gasteiger charge is 2.49. The summed E-state index contributed by atoms with van der Waals surface area (Å²) in [4.78, 5) is 21.8. The molecule has 23 heavy (non-hydrogen) atoms. The first kappa shape index (κ1) is 17.5. The van der Waals surface area contributed by atoms with E-state index in [0.717, 1.165) is 32.4 Å². The number of aromatic nitrogens is 2. The molecule has 0 saturated carbocycles. The molecule has 0 unspecified atom stereocenters. The van der Waals surface area contributed by atoms with Gasteiger partial charge in [0, 0.05) is 19.2 Å². The van der Waals surface area contributed by atoms with Crippen LogP contribution in [0.25, 0.3) is 0 Å². The Morgan fingerprint density at radius 2 is 1.96 bits per heavy atom. The Morgan fingerprint density at radius 3 is 2.57 bits per heavy atom. The zero-order valence-corrected chi connectivity index (χ0v) is 12.7. The van der Waals surface area contributed by atoms with Gasteiger partial charge in [-0.05, 0) is 26.2 Å². The van der Waals surface area contributed by atoms with E-state index in [4.69, 9.17) is 0 Å². The number of carbonyl (C=O) groups excluding carboxylic acids is 1. The van der Waals surface area contributed by atoms with Gasteiger partial charge >= 0.3 is 6.18 Å². The molecule has 1 aromatic rings. The number of alkyl halides is 3. The number of nitrogens with zero attached hydrogens (tertiary/aromatic N) is 3. The van der Waals surface area contributed by atoms with Gasteiger partial charge in [-0.15, -0.1) is 0 Å². The summed E-state index contributed by atoms with van der Waals surface area (Å²) in [6, 6.07) is 1.45. The maximum atomic E-state index is 12.6. The Labute approximate surface area is 131 Å². The number of halogens is 3. The van der Waals surface area contributed by atoms with Crippen LogP contribution in [0.3, 0.4) is 0 Å². The van der Waals surface area contributed by atoms with E-state index in [1.54, 1.807) is 0 Å². The molecule has 128 valence electrons. The highest BCUT2D eigenvalue weighted by molar-refractivity contribution is 5.92. The lowest BCUT2D eigenvalue weighted by atomic mass is 10.1. The zero-order chi connectivity index (χ0) is 17.1. The lowest BCUT2D eigenvalue weighted by molar-refractivity contribution is -0.249. The lowest BCUT2D eigenvalue weighted by Gasteiger charge is -2.28. The van der Waals surface area contributed by atoms with E-state index >= 15 is 0 Å². The molecule has 1 atom stereocenters. The molecule has 1 saturated heterocycles. The van der Waals surface area contributed by atoms with Crippen molar-refractivity contribution >= 4 is 11.7 Å². The predicted molar refractivity (Wildman–Crippen MR) is 77.1 cm³/mol. The fourth-order valence-corrected chi connectivity index (χ4v) is 2.21. The normalized spacial score (nSPS) is 18.4. The van der Waals surface area contributed by atoms with Crippen molar-refractivity contribution < 1.29 is 23.1 Å². The highest BCUT2D eigenvalue weighted by Crippen LogP contribution is 2.29. The molecule has 0 aromatic carbocycles. The van der Waals surface area contributed by atoms with Crippen molar-refractivity contribution in [2.75, 3.05) is 24.5 Å². The molecule has 0 spiro atoms. The standard InChI is InChI=1S/C14H19F3N4O2/c1-13(23,14(15,16)17)8-18-12(22)10-7-11(20-9-19-10)21-5-3-2-4-6-21/h7,9,23H,2-6,8H2,1H3,(H,18,22)/t13-/m0/s1. The number of aliphatic hydroxyl groups is 1. The van der Waals surface area contributed by atoms with Gasteiger partial charge in [0.05, 0.1) is 6.54 Å². The van der Waals surface area contributed by atoms with Gasteiger partial charge in [-0.2, -0.15) is 13.2 Å². The Balaban J connectivity index is 2.02. The maximum Gasteiger partial charge on any atom is 0.418 e. The summed E-state index contributed by atoms with van der Waals surface area (Å²) in [5, 5.41) is 11.4. The largest absolute Gasteiger partial charge is 0.418 e. The van der Waals surface area contributed by atoms with Gasteiger partial charge in [-0.3, -0.25) is 4.79 Å². The number of carbonyl (C=O) groups is 1. The van der Waals surface area contributed by atoms with E-state index < -0.39 is 24.2 Å². The number of rotatable bonds is 4. The van der Waals surface area contributed by atoms with Gasteiger partial charge in [0.15, 0.2) is 5.60 Å². The quantitative estimate of drug-likeness (QED) is 0.874. The minimum absolute atomic E-state index is 0.0291. The van der Waals surface area contributed by atoms with Gasteiger partial charge < -0.3 is 15.3 Å². The summed E-state index contributed by atoms with van der Waals surface area (Å²) in [5.41, 5.74) is -3.02. The second-order valence-electron chi connectivity index (χ2n) is 5.76. The van der Waals surface area contributed by atoms with Crippen molar-refractivity contribution in [2.45, 2.75) is 38.0 Å². The van der Waals surface area contributed by atoms with Crippen molar-refractivity contribution in [1.29, 1.82) is 0 Å². The number of hydrogen-bond donors (Lipinski definition) is 2. The third kappa shape index (κ3) is 4.31. The van der Waals surface area contributed by atoms with E-state index in [2.05, 4.69) is 15.3 Å². The molecular formula is C14H19F3N4O2. The number of nitrogens with one attached hydrogen (secondary N) is 1. The molecule has 1 amide bonds. The van der Waals surface area contributed by atoms with Crippen molar-refractivity contribution in [2.24, 2.45) is 0 Å². The zero-order valence-electron chi connectivity index (χ0n) is 12.7. The molecule has 0 aliphatic carbocycles. The summed E-state index contributed by atoms with van der Waals surface area (Å²) < 4.78 is 37.7. The average molecular weight is 332 g/mol. The molecule has 2 N–H and O–H groups in total. The Morgan fingerprint density at radius 1 is 1.30 bits per heavy atom. The summed E-state index contributed by atoms with van der Waals surface area (Å²) >= 11 is 0. The van der Waals surface area contributed by atoms with E-state index in [1.807, 2.05) is 4.90 Å². The van der Waals surface area contributed by atoms with Gasteiger partial charge in [0.2, 0.25) is 0 Å². The highest BCUT2D eigenvalue weighted by atomic mass is 19.4. The summed E-state index contributed by atoms with van der Waals surface area (Å²) in [6.45, 7) is 1.30. The van der Waals surface area contributed by atoms with Crippen molar-refractivity contribution in [1.82, 2.24) is 15.3 Å². The molecule has 0 bridgehead atoms. The van der Waals surface area contributed by atoms with Crippen LogP contribution in [0.15, 0.2) is 12.4 Å². The van der Waals surface area contributed by atoms with Crippen LogP contribution in [0.5, 0.6) is 0 Å². The molecule has 1 aliphatic heterocycles. The van der Waals surface area contributed by atoms with Crippen molar-refractivity contribution in [3.63, 3.8) is 0 Å². The number of hydrogen-bond acceptors (Lipinski definition) is 5. The first-order chi connectivity index (χ1) is 10.7. The molecule has 2 heterocycles. The van der Waals surface area contributed by atoms with E-state index in [0.29, 0.717) is 12.7 Å². The molecule has 1 aromatic heterocycles. The first-order valence-corrected chi connectivity index (χ1v) is 7.35. The van der Waals surface area contributed by atoms with Crippen LogP contribution in [-0.4, -0.2) is 52.4 Å². The average Bonchev–Trinajstić information content (AvgIpc) is 2.52. The SMILES string of the molecule is C[C@](O)(CNC(=O)c1cc(N2CCCCC2)ncn1)C(F)(F)F. The smallest absolute Gasteiger partial charge is 0.379 e. The van der Waals surface area contributed by atoms with E-state index in [-0.39, 0.29) is 5.69 Å². The second kappa shape index (κ2) is 6.69. The van der Waals surface area contributed by atoms with Gasteiger partial charge in [-0.25, -0.2) is 9.97 Å². The Kier molecular flexibility index (Phi) is 5.08. The van der Waals surface area contributed by atoms with Crippen LogP contribution in [-0.2, 0) is 0 Å². The lowest BCUT2D eigenvalue weighted by Crippen LogP contribution is -2.51. The topological polar surface area (TPSA) is 78.4 Å². The van der Waals surface area contributed by atoms with Crippen LogP contribution in [0.1, 0.15) is 36.7 Å². The monoisotopic (exact) mass is 332 g/mol. The van der Waals surface area contributed by atoms with Gasteiger partial charge in [0.1, 0.15) is 17.8 Å². The molecule has 1 fully saturated rings. The number of piperidine rings is 1. The Hall–Kier alpha value is -1.90. The van der Waals surface area contributed by atoms with Crippen LogP contribution < -0.4 is 10.2 Å². The minimum atomic E-state index is -4.83. The molecule has 0 radical (unpaired) electrons. The number of amides is 1. The number of anilines is 1. The fourth-order valence-electron chi connectivity index (χ4n) is 2.21. The Bertz CT molecular complexity index is 557. The van der Waals surface area contributed by atoms with E-state index in [1.165, 1.54) is 12.4 Å². The van der Waals surface area contributed by atoms with Crippen molar-refractivity contribution in [3.8, 4) is 0 Å². The maximum absolute atomic E-state index is 12.6. The van der Waals surface area contributed by atoms with Gasteiger partial charge in [0.25, 0.3) is 5.91 Å². The molecule has 6 nitrogen and oxygen atoms in total. The van der Waals surface area contributed by atoms with Crippen LogP contribution in [0, 0.1) is 0 Å². The minimum Gasteiger partial charge on any atom is -0.379 e. The summed E-state index contributed by atoms with van der Waals surface area (Å²) in [6.07, 6.45) is -0.424. The van der Waals surface area contributed by atoms with Crippen molar-refractivity contribution in [3.05, 3.63) is 18.1 Å². The van der Waals surface area contributed by atoms with Gasteiger partial charge in [-0.1, -0.05) is 0 Å². The predicted octanol–water partition coefficient (Wildman–Crippen LogP) is 1.51. The van der Waals surface area contributed by atoms with Crippen LogP contribution in [0.2, 0.25) is 0 Å². The molecule has 1 aliphatic rings. The van der Waals surface area contributed by atoms with E-state index in [9.17, 15) is 23.1 Å². The molecule has 9 heteroatoms. The van der Waals surface area contributed by atoms with Crippen LogP contribution in [0.4, 0.5) is 19.0 Å². The molecule has 2 rings (SSSR count). The second-order valence-corrected chi connectivity index (χ2v) is 5.76. The summed E-state index contributed by atoms with van der Waals surface area (Å²) in [7, 11) is 0. The summed E-state index contributed by atoms with van der Waals surface area (Å²) in [5.74, 6) is -0.206. The molecular weight excluding hydrogens is 313 g/mol. The third-order valence-electron chi connectivity index (χ3n) is 3.77. The van der Waals surface area contributed by atoms with Crippen LogP contribution >= 0.6 is 0 Å². The first-order valence-electron chi connectivity index (χ1n) is 7.35. The fraction of sp³-hybridized carbons (Fsp3) is 0.643.